The van der Waals surface area contributed by atoms with Crippen LogP contribution in [0, 0.1) is 0 Å². The first-order valence-corrected chi connectivity index (χ1v) is 6.93. The Morgan fingerprint density at radius 3 is 2.42 bits per heavy atom. The van der Waals surface area contributed by atoms with Gasteiger partial charge in [0.1, 0.15) is 0 Å². The molecule has 0 bridgehead atoms. The first-order chi connectivity index (χ1) is 8.85. The predicted octanol–water partition coefficient (Wildman–Crippen LogP) is 3.79. The van der Waals surface area contributed by atoms with Crippen molar-refractivity contribution in [1.29, 1.82) is 0 Å². The highest BCUT2D eigenvalue weighted by atomic mass is 16.6. The molecule has 0 aromatic heterocycles. The van der Waals surface area contributed by atoms with E-state index in [2.05, 4.69) is 31.6 Å². The molecule has 108 valence electrons. The van der Waals surface area contributed by atoms with Crippen molar-refractivity contribution in [3.63, 3.8) is 0 Å². The molecule has 1 aliphatic heterocycles. The van der Waals surface area contributed by atoms with E-state index >= 15 is 0 Å². The second-order valence-electron chi connectivity index (χ2n) is 5.85. The van der Waals surface area contributed by atoms with E-state index in [0.717, 1.165) is 31.3 Å². The molecule has 0 aromatic carbocycles. The van der Waals surface area contributed by atoms with Crippen LogP contribution in [-0.2, 0) is 14.3 Å². The van der Waals surface area contributed by atoms with Crippen molar-refractivity contribution >= 4 is 5.97 Å². The Morgan fingerprint density at radius 2 is 1.89 bits per heavy atom. The molecule has 19 heavy (non-hydrogen) atoms. The minimum absolute atomic E-state index is 0.0973. The normalized spacial score (nSPS) is 22.3. The molecule has 1 atom stereocenters. The summed E-state index contributed by atoms with van der Waals surface area (Å²) in [6.45, 7) is 8.39. The molecule has 0 radical (unpaired) electrons. The number of ether oxygens (including phenoxy) is 2. The van der Waals surface area contributed by atoms with E-state index in [0.29, 0.717) is 6.10 Å². The van der Waals surface area contributed by atoms with Gasteiger partial charge in [0.05, 0.1) is 18.8 Å². The molecule has 0 aromatic rings. The minimum Gasteiger partial charge on any atom is -0.466 e. The SMILES string of the molecule is COC(=O)C=C(C)CCC=C(C)CC[C@H]1OC1(C)C. The lowest BCUT2D eigenvalue weighted by Crippen LogP contribution is -2.02. The Bertz CT molecular complexity index is 377. The number of hydrogen-bond donors (Lipinski definition) is 0. The van der Waals surface area contributed by atoms with Crippen LogP contribution in [0.2, 0.25) is 0 Å². The molecule has 0 N–H and O–H groups in total. The maximum Gasteiger partial charge on any atom is 0.330 e. The topological polar surface area (TPSA) is 38.8 Å². The number of carbonyl (C=O) groups is 1. The third kappa shape index (κ3) is 6.06. The third-order valence-electron chi connectivity index (χ3n) is 3.56. The monoisotopic (exact) mass is 266 g/mol. The van der Waals surface area contributed by atoms with Gasteiger partial charge in [-0.2, -0.15) is 0 Å². The molecule has 1 rings (SSSR count). The molecule has 3 nitrogen and oxygen atoms in total. The molecule has 1 heterocycles. The van der Waals surface area contributed by atoms with Crippen LogP contribution in [0.3, 0.4) is 0 Å². The number of methoxy groups -OCH3 is 1. The summed E-state index contributed by atoms with van der Waals surface area (Å²) in [4.78, 5) is 11.0. The lowest BCUT2D eigenvalue weighted by Gasteiger charge is -2.02. The van der Waals surface area contributed by atoms with E-state index in [1.807, 2.05) is 6.92 Å². The third-order valence-corrected chi connectivity index (χ3v) is 3.56. The number of allylic oxidation sites excluding steroid dienone is 3. The first-order valence-electron chi connectivity index (χ1n) is 6.93. The minimum atomic E-state index is -0.272. The molecule has 0 amide bonds. The van der Waals surface area contributed by atoms with Gasteiger partial charge >= 0.3 is 5.97 Å². The number of esters is 1. The van der Waals surface area contributed by atoms with Gasteiger partial charge in [-0.3, -0.25) is 0 Å². The quantitative estimate of drug-likeness (QED) is 0.304. The zero-order valence-corrected chi connectivity index (χ0v) is 12.8. The van der Waals surface area contributed by atoms with Crippen molar-refractivity contribution in [2.24, 2.45) is 0 Å². The van der Waals surface area contributed by atoms with E-state index in [1.54, 1.807) is 6.08 Å². The Balaban J connectivity index is 2.21. The fourth-order valence-corrected chi connectivity index (χ4v) is 2.08. The van der Waals surface area contributed by atoms with Gasteiger partial charge in [0.15, 0.2) is 0 Å². The highest BCUT2D eigenvalue weighted by molar-refractivity contribution is 5.82. The second kappa shape index (κ2) is 6.90. The Morgan fingerprint density at radius 1 is 1.26 bits per heavy atom. The summed E-state index contributed by atoms with van der Waals surface area (Å²) in [5, 5.41) is 0. The smallest absolute Gasteiger partial charge is 0.330 e. The average Bonchev–Trinajstić information content (AvgIpc) is 2.94. The summed E-state index contributed by atoms with van der Waals surface area (Å²) in [5.74, 6) is -0.272. The van der Waals surface area contributed by atoms with E-state index < -0.39 is 0 Å². The van der Waals surface area contributed by atoms with Gasteiger partial charge in [-0.15, -0.1) is 0 Å². The highest BCUT2D eigenvalue weighted by Gasteiger charge is 2.46. The summed E-state index contributed by atoms with van der Waals surface area (Å²) in [5.41, 5.74) is 2.56. The van der Waals surface area contributed by atoms with Crippen molar-refractivity contribution in [2.45, 2.75) is 65.1 Å². The summed E-state index contributed by atoms with van der Waals surface area (Å²) in [6, 6.07) is 0. The summed E-state index contributed by atoms with van der Waals surface area (Å²) in [7, 11) is 1.40. The van der Waals surface area contributed by atoms with E-state index in [4.69, 9.17) is 4.74 Å². The molecule has 1 fully saturated rings. The molecule has 1 saturated heterocycles. The lowest BCUT2D eigenvalue weighted by atomic mass is 10.0. The standard InChI is InChI=1S/C16H26O3/c1-12(9-10-14-16(3,4)19-14)7-6-8-13(2)11-15(17)18-5/h7,11,14H,6,8-10H2,1-5H3/t14-/m1/s1. The second-order valence-corrected chi connectivity index (χ2v) is 5.85. The molecule has 0 unspecified atom stereocenters. The van der Waals surface area contributed by atoms with Gasteiger partial charge < -0.3 is 9.47 Å². The molecule has 1 aliphatic rings. The van der Waals surface area contributed by atoms with Gasteiger partial charge in [0.25, 0.3) is 0 Å². The Labute approximate surface area is 116 Å². The van der Waals surface area contributed by atoms with Crippen molar-refractivity contribution in [3.05, 3.63) is 23.3 Å². The fourth-order valence-electron chi connectivity index (χ4n) is 2.08. The number of epoxide rings is 1. The molecule has 0 aliphatic carbocycles. The maximum atomic E-state index is 11.0. The maximum absolute atomic E-state index is 11.0. The summed E-state index contributed by atoms with van der Waals surface area (Å²) in [6.07, 6.45) is 8.31. The van der Waals surface area contributed by atoms with Crippen LogP contribution in [0.15, 0.2) is 23.3 Å². The van der Waals surface area contributed by atoms with Gasteiger partial charge in [0.2, 0.25) is 0 Å². The van der Waals surface area contributed by atoms with Crippen LogP contribution >= 0.6 is 0 Å². The van der Waals surface area contributed by atoms with E-state index in [1.165, 1.54) is 12.7 Å². The Kier molecular flexibility index (Phi) is 5.80. The van der Waals surface area contributed by atoms with Crippen LogP contribution in [0.25, 0.3) is 0 Å². The highest BCUT2D eigenvalue weighted by Crippen LogP contribution is 2.38. The Hall–Kier alpha value is -1.09. The van der Waals surface area contributed by atoms with Crippen molar-refractivity contribution in [3.8, 4) is 0 Å². The van der Waals surface area contributed by atoms with Gasteiger partial charge in [-0.1, -0.05) is 17.2 Å². The number of rotatable bonds is 7. The van der Waals surface area contributed by atoms with E-state index in [9.17, 15) is 4.79 Å². The molecule has 3 heteroatoms. The largest absolute Gasteiger partial charge is 0.466 e. The van der Waals surface area contributed by atoms with Crippen molar-refractivity contribution < 1.29 is 14.3 Å². The van der Waals surface area contributed by atoms with Gasteiger partial charge in [-0.25, -0.2) is 4.79 Å². The predicted molar refractivity (Wildman–Crippen MR) is 77.0 cm³/mol. The summed E-state index contributed by atoms with van der Waals surface area (Å²) < 4.78 is 10.2. The number of hydrogen-bond acceptors (Lipinski definition) is 3. The van der Waals surface area contributed by atoms with Crippen LogP contribution in [0.5, 0.6) is 0 Å². The molecule has 0 spiro atoms. The zero-order chi connectivity index (χ0) is 14.5. The molecular formula is C16H26O3. The molecular weight excluding hydrogens is 240 g/mol. The van der Waals surface area contributed by atoms with Crippen LogP contribution in [-0.4, -0.2) is 24.8 Å². The van der Waals surface area contributed by atoms with E-state index in [-0.39, 0.29) is 11.6 Å². The van der Waals surface area contributed by atoms with Crippen LogP contribution in [0.1, 0.15) is 53.4 Å². The first kappa shape index (κ1) is 16.0. The van der Waals surface area contributed by atoms with Crippen molar-refractivity contribution in [2.75, 3.05) is 7.11 Å². The number of carbonyl (C=O) groups excluding carboxylic acids is 1. The fraction of sp³-hybridized carbons (Fsp3) is 0.688. The van der Waals surface area contributed by atoms with Gasteiger partial charge in [0, 0.05) is 6.08 Å². The summed E-state index contributed by atoms with van der Waals surface area (Å²) >= 11 is 0. The van der Waals surface area contributed by atoms with Crippen molar-refractivity contribution in [1.82, 2.24) is 0 Å². The van der Waals surface area contributed by atoms with Gasteiger partial charge in [-0.05, 0) is 53.4 Å². The lowest BCUT2D eigenvalue weighted by molar-refractivity contribution is -0.134. The average molecular weight is 266 g/mol. The zero-order valence-electron chi connectivity index (χ0n) is 12.8. The van der Waals surface area contributed by atoms with Crippen LogP contribution < -0.4 is 0 Å². The molecule has 0 saturated carbocycles. The van der Waals surface area contributed by atoms with Crippen LogP contribution in [0.4, 0.5) is 0 Å².